The van der Waals surface area contributed by atoms with E-state index in [2.05, 4.69) is 0 Å². The van der Waals surface area contributed by atoms with Gasteiger partial charge in [-0.05, 0) is 31.5 Å². The SMILES string of the molecule is CCOc1cc(Oc2cc(C#N)ccc2C)c(N)cc1F. The van der Waals surface area contributed by atoms with E-state index in [0.717, 1.165) is 11.6 Å². The normalized spacial score (nSPS) is 10.0. The fourth-order valence-corrected chi connectivity index (χ4v) is 1.80. The van der Waals surface area contributed by atoms with Gasteiger partial charge < -0.3 is 15.2 Å². The maximum Gasteiger partial charge on any atom is 0.167 e. The smallest absolute Gasteiger partial charge is 0.167 e. The summed E-state index contributed by atoms with van der Waals surface area (Å²) in [7, 11) is 0. The van der Waals surface area contributed by atoms with Gasteiger partial charge in [-0.3, -0.25) is 0 Å². The molecular formula is C16H15FN2O2. The van der Waals surface area contributed by atoms with Crippen LogP contribution in [0.1, 0.15) is 18.1 Å². The van der Waals surface area contributed by atoms with Gasteiger partial charge in [0.05, 0.1) is 23.9 Å². The molecule has 0 aliphatic rings. The molecule has 0 heterocycles. The number of nitrogens with zero attached hydrogens (tertiary/aromatic N) is 1. The van der Waals surface area contributed by atoms with Crippen LogP contribution in [0.4, 0.5) is 10.1 Å². The van der Waals surface area contributed by atoms with Gasteiger partial charge in [0.15, 0.2) is 17.3 Å². The number of anilines is 1. The number of hydrogen-bond acceptors (Lipinski definition) is 4. The highest BCUT2D eigenvalue weighted by Crippen LogP contribution is 2.34. The lowest BCUT2D eigenvalue weighted by atomic mass is 10.1. The molecule has 0 atom stereocenters. The van der Waals surface area contributed by atoms with Crippen molar-refractivity contribution in [2.24, 2.45) is 0 Å². The zero-order valence-electron chi connectivity index (χ0n) is 11.8. The number of nitrogens with two attached hydrogens (primary N) is 1. The Morgan fingerprint density at radius 2 is 1.95 bits per heavy atom. The van der Waals surface area contributed by atoms with Crippen molar-refractivity contribution in [1.82, 2.24) is 0 Å². The van der Waals surface area contributed by atoms with E-state index in [0.29, 0.717) is 17.9 Å². The van der Waals surface area contributed by atoms with Crippen molar-refractivity contribution in [3.63, 3.8) is 0 Å². The zero-order chi connectivity index (χ0) is 15.4. The number of hydrogen-bond donors (Lipinski definition) is 1. The van der Waals surface area contributed by atoms with Crippen LogP contribution in [0.5, 0.6) is 17.2 Å². The quantitative estimate of drug-likeness (QED) is 0.868. The maximum atomic E-state index is 13.7. The zero-order valence-corrected chi connectivity index (χ0v) is 11.8. The first-order chi connectivity index (χ1) is 10.0. The first kappa shape index (κ1) is 14.7. The monoisotopic (exact) mass is 286 g/mol. The lowest BCUT2D eigenvalue weighted by Crippen LogP contribution is -1.99. The summed E-state index contributed by atoms with van der Waals surface area (Å²) in [4.78, 5) is 0. The number of nitrogen functional groups attached to an aromatic ring is 1. The van der Waals surface area contributed by atoms with Crippen molar-refractivity contribution in [1.29, 1.82) is 5.26 Å². The van der Waals surface area contributed by atoms with E-state index in [9.17, 15) is 4.39 Å². The Morgan fingerprint density at radius 1 is 1.19 bits per heavy atom. The molecular weight excluding hydrogens is 271 g/mol. The molecule has 0 saturated carbocycles. The van der Waals surface area contributed by atoms with E-state index in [1.165, 1.54) is 6.07 Å². The van der Waals surface area contributed by atoms with Crippen LogP contribution in [-0.2, 0) is 0 Å². The van der Waals surface area contributed by atoms with Crippen LogP contribution in [0.2, 0.25) is 0 Å². The lowest BCUT2D eigenvalue weighted by Gasteiger charge is -2.13. The highest BCUT2D eigenvalue weighted by molar-refractivity contribution is 5.58. The first-order valence-corrected chi connectivity index (χ1v) is 6.45. The lowest BCUT2D eigenvalue weighted by molar-refractivity contribution is 0.319. The molecule has 2 N–H and O–H groups in total. The van der Waals surface area contributed by atoms with Gasteiger partial charge in [0.2, 0.25) is 0 Å². The molecule has 2 aromatic rings. The molecule has 0 fully saturated rings. The third-order valence-electron chi connectivity index (χ3n) is 2.90. The predicted octanol–water partition coefficient (Wildman–Crippen LogP) is 3.78. The topological polar surface area (TPSA) is 68.3 Å². The molecule has 0 aliphatic carbocycles. The molecule has 5 heteroatoms. The molecule has 0 unspecified atom stereocenters. The Morgan fingerprint density at radius 3 is 2.62 bits per heavy atom. The number of rotatable bonds is 4. The summed E-state index contributed by atoms with van der Waals surface area (Å²) in [6.07, 6.45) is 0. The van der Waals surface area contributed by atoms with E-state index >= 15 is 0 Å². The van der Waals surface area contributed by atoms with Crippen molar-refractivity contribution in [2.75, 3.05) is 12.3 Å². The van der Waals surface area contributed by atoms with E-state index in [1.807, 2.05) is 13.0 Å². The van der Waals surface area contributed by atoms with E-state index in [4.69, 9.17) is 20.5 Å². The first-order valence-electron chi connectivity index (χ1n) is 6.45. The standard InChI is InChI=1S/C16H15FN2O2/c1-3-20-15-8-16(13(19)7-12(15)17)21-14-6-11(9-18)5-4-10(14)2/h4-8H,3,19H2,1-2H3. The largest absolute Gasteiger partial charge is 0.491 e. The Labute approximate surface area is 122 Å². The van der Waals surface area contributed by atoms with Crippen LogP contribution in [-0.4, -0.2) is 6.61 Å². The Bertz CT molecular complexity index is 708. The van der Waals surface area contributed by atoms with E-state index in [1.54, 1.807) is 25.1 Å². The molecule has 0 amide bonds. The van der Waals surface area contributed by atoms with Crippen molar-refractivity contribution in [3.8, 4) is 23.3 Å². The third kappa shape index (κ3) is 3.23. The second-order valence-corrected chi connectivity index (χ2v) is 4.45. The molecule has 108 valence electrons. The fraction of sp³-hybridized carbons (Fsp3) is 0.188. The van der Waals surface area contributed by atoms with Gasteiger partial charge in [-0.2, -0.15) is 5.26 Å². The van der Waals surface area contributed by atoms with Gasteiger partial charge in [-0.15, -0.1) is 0 Å². The van der Waals surface area contributed by atoms with Crippen LogP contribution in [0.15, 0.2) is 30.3 Å². The molecule has 4 nitrogen and oxygen atoms in total. The Kier molecular flexibility index (Phi) is 4.29. The summed E-state index contributed by atoms with van der Waals surface area (Å²) < 4.78 is 24.5. The van der Waals surface area contributed by atoms with Crippen LogP contribution < -0.4 is 15.2 Å². The average molecular weight is 286 g/mol. The summed E-state index contributed by atoms with van der Waals surface area (Å²) >= 11 is 0. The Balaban J connectivity index is 2.39. The van der Waals surface area contributed by atoms with Crippen molar-refractivity contribution in [2.45, 2.75) is 13.8 Å². The highest BCUT2D eigenvalue weighted by Gasteiger charge is 2.12. The van der Waals surface area contributed by atoms with E-state index < -0.39 is 5.82 Å². The van der Waals surface area contributed by atoms with Gasteiger partial charge >= 0.3 is 0 Å². The van der Waals surface area contributed by atoms with Gasteiger partial charge in [0.1, 0.15) is 5.75 Å². The number of ether oxygens (including phenoxy) is 2. The molecule has 0 saturated heterocycles. The number of aryl methyl sites for hydroxylation is 1. The number of nitriles is 1. The van der Waals surface area contributed by atoms with Crippen molar-refractivity contribution in [3.05, 3.63) is 47.3 Å². The second-order valence-electron chi connectivity index (χ2n) is 4.45. The van der Waals surface area contributed by atoms with Gasteiger partial charge in [-0.1, -0.05) is 6.07 Å². The molecule has 2 aromatic carbocycles. The van der Waals surface area contributed by atoms with Gasteiger partial charge in [0.25, 0.3) is 0 Å². The van der Waals surface area contributed by atoms with Gasteiger partial charge in [0, 0.05) is 12.1 Å². The summed E-state index contributed by atoms with van der Waals surface area (Å²) in [5, 5.41) is 8.92. The fourth-order valence-electron chi connectivity index (χ4n) is 1.80. The molecule has 0 aliphatic heterocycles. The van der Waals surface area contributed by atoms with Crippen LogP contribution in [0, 0.1) is 24.1 Å². The molecule has 0 bridgehead atoms. The van der Waals surface area contributed by atoms with Crippen molar-refractivity contribution >= 4 is 5.69 Å². The minimum absolute atomic E-state index is 0.0794. The molecule has 0 radical (unpaired) electrons. The summed E-state index contributed by atoms with van der Waals surface area (Å²) in [5.74, 6) is 0.327. The highest BCUT2D eigenvalue weighted by atomic mass is 19.1. The Hall–Kier alpha value is -2.74. The molecule has 21 heavy (non-hydrogen) atoms. The number of benzene rings is 2. The molecule has 0 spiro atoms. The van der Waals surface area contributed by atoms with E-state index in [-0.39, 0.29) is 17.2 Å². The van der Waals surface area contributed by atoms with Crippen LogP contribution in [0.25, 0.3) is 0 Å². The predicted molar refractivity (Wildman–Crippen MR) is 77.9 cm³/mol. The number of halogens is 1. The summed E-state index contributed by atoms with van der Waals surface area (Å²) in [5.41, 5.74) is 7.25. The minimum Gasteiger partial charge on any atom is -0.491 e. The van der Waals surface area contributed by atoms with Gasteiger partial charge in [-0.25, -0.2) is 4.39 Å². The van der Waals surface area contributed by atoms with Crippen LogP contribution >= 0.6 is 0 Å². The molecule has 2 rings (SSSR count). The summed E-state index contributed by atoms with van der Waals surface area (Å²) in [6, 6.07) is 9.69. The maximum absolute atomic E-state index is 13.7. The molecule has 0 aromatic heterocycles. The van der Waals surface area contributed by atoms with Crippen molar-refractivity contribution < 1.29 is 13.9 Å². The van der Waals surface area contributed by atoms with Crippen LogP contribution in [0.3, 0.4) is 0 Å². The second kappa shape index (κ2) is 6.14. The summed E-state index contributed by atoms with van der Waals surface area (Å²) in [6.45, 7) is 3.94. The third-order valence-corrected chi connectivity index (χ3v) is 2.90. The average Bonchev–Trinajstić information content (AvgIpc) is 2.46. The minimum atomic E-state index is -0.538.